The Morgan fingerprint density at radius 2 is 2.05 bits per heavy atom. The van der Waals surface area contributed by atoms with Gasteiger partial charge in [0.25, 0.3) is 0 Å². The predicted molar refractivity (Wildman–Crippen MR) is 78.6 cm³/mol. The Morgan fingerprint density at radius 3 is 2.62 bits per heavy atom. The average Bonchev–Trinajstić information content (AvgIpc) is 2.80. The second kappa shape index (κ2) is 6.26. The summed E-state index contributed by atoms with van der Waals surface area (Å²) in [4.78, 5) is 0. The van der Waals surface area contributed by atoms with Crippen LogP contribution in [0.2, 0.25) is 0 Å². The Hall–Kier alpha value is -1.88. The van der Waals surface area contributed by atoms with Crippen LogP contribution in [0.25, 0.3) is 0 Å². The zero-order valence-corrected chi connectivity index (χ0v) is 12.9. The fourth-order valence-electron chi connectivity index (χ4n) is 1.77. The van der Waals surface area contributed by atoms with Crippen LogP contribution in [-0.4, -0.2) is 10.7 Å². The van der Waals surface area contributed by atoms with Crippen molar-refractivity contribution in [1.82, 2.24) is 10.5 Å². The molecule has 0 fully saturated rings. The Bertz CT molecular complexity index is 603. The zero-order chi connectivity index (χ0) is 15.5. The van der Waals surface area contributed by atoms with E-state index >= 15 is 0 Å². The number of ether oxygens (including phenoxy) is 1. The Labute approximate surface area is 124 Å². The van der Waals surface area contributed by atoms with Crippen molar-refractivity contribution in [1.29, 1.82) is 0 Å². The smallest absolute Gasteiger partial charge is 0.174 e. The summed E-state index contributed by atoms with van der Waals surface area (Å²) in [6.07, 6.45) is 0. The van der Waals surface area contributed by atoms with Gasteiger partial charge in [0.1, 0.15) is 6.61 Å². The van der Waals surface area contributed by atoms with Crippen LogP contribution in [0, 0.1) is 12.7 Å². The zero-order valence-electron chi connectivity index (χ0n) is 12.9. The molecule has 0 aliphatic rings. The van der Waals surface area contributed by atoms with E-state index in [0.717, 1.165) is 11.3 Å². The van der Waals surface area contributed by atoms with Crippen LogP contribution in [-0.2, 0) is 13.2 Å². The first-order chi connectivity index (χ1) is 9.83. The van der Waals surface area contributed by atoms with Crippen LogP contribution >= 0.6 is 0 Å². The molecule has 0 bridgehead atoms. The molecule has 5 heteroatoms. The van der Waals surface area contributed by atoms with Gasteiger partial charge in [0, 0.05) is 18.2 Å². The molecule has 0 amide bonds. The monoisotopic (exact) mass is 292 g/mol. The molecule has 0 radical (unpaired) electrons. The van der Waals surface area contributed by atoms with Gasteiger partial charge in [0.05, 0.1) is 5.69 Å². The molecule has 0 saturated heterocycles. The molecular formula is C16H21FN2O2. The van der Waals surface area contributed by atoms with Gasteiger partial charge in [0.2, 0.25) is 0 Å². The highest BCUT2D eigenvalue weighted by molar-refractivity contribution is 5.29. The molecule has 0 saturated carbocycles. The van der Waals surface area contributed by atoms with Crippen LogP contribution in [0.1, 0.15) is 37.8 Å². The molecule has 1 heterocycles. The molecule has 1 N–H and O–H groups in total. The predicted octanol–water partition coefficient (Wildman–Crippen LogP) is 3.59. The lowest BCUT2D eigenvalue weighted by atomic mass is 10.1. The molecule has 2 rings (SSSR count). The largest absolute Gasteiger partial charge is 0.482 e. The molecule has 0 spiro atoms. The summed E-state index contributed by atoms with van der Waals surface area (Å²) >= 11 is 0. The number of aryl methyl sites for hydroxylation is 1. The van der Waals surface area contributed by atoms with E-state index in [1.165, 1.54) is 6.07 Å². The first-order valence-corrected chi connectivity index (χ1v) is 6.92. The topological polar surface area (TPSA) is 47.3 Å². The third kappa shape index (κ3) is 4.86. The summed E-state index contributed by atoms with van der Waals surface area (Å²) in [5, 5.41) is 7.07. The number of hydrogen-bond acceptors (Lipinski definition) is 4. The van der Waals surface area contributed by atoms with Crippen molar-refractivity contribution >= 4 is 0 Å². The van der Waals surface area contributed by atoms with Crippen LogP contribution in [0.4, 0.5) is 4.39 Å². The molecular weight excluding hydrogens is 271 g/mol. The summed E-state index contributed by atoms with van der Waals surface area (Å²) < 4.78 is 24.4. The maximum Gasteiger partial charge on any atom is 0.174 e. The van der Waals surface area contributed by atoms with E-state index in [0.29, 0.717) is 12.3 Å². The van der Waals surface area contributed by atoms with Crippen molar-refractivity contribution in [3.05, 3.63) is 47.1 Å². The third-order valence-electron chi connectivity index (χ3n) is 2.87. The van der Waals surface area contributed by atoms with E-state index in [1.807, 2.05) is 13.0 Å². The highest BCUT2D eigenvalue weighted by Crippen LogP contribution is 2.20. The van der Waals surface area contributed by atoms with Crippen LogP contribution in [0.5, 0.6) is 5.75 Å². The quantitative estimate of drug-likeness (QED) is 0.915. The van der Waals surface area contributed by atoms with Gasteiger partial charge in [-0.15, -0.1) is 0 Å². The second-order valence-corrected chi connectivity index (χ2v) is 6.09. The average molecular weight is 292 g/mol. The molecule has 1 aromatic carbocycles. The summed E-state index contributed by atoms with van der Waals surface area (Å²) in [5.41, 5.74) is 1.65. The first-order valence-electron chi connectivity index (χ1n) is 6.92. The SMILES string of the molecule is Cc1cc(COc2ccc(CNC(C)(C)C)cc2F)on1. The number of rotatable bonds is 5. The first kappa shape index (κ1) is 15.5. The van der Waals surface area contributed by atoms with Crippen molar-refractivity contribution in [3.63, 3.8) is 0 Å². The van der Waals surface area contributed by atoms with Gasteiger partial charge in [-0.1, -0.05) is 11.2 Å². The van der Waals surface area contributed by atoms with Crippen molar-refractivity contribution in [2.75, 3.05) is 0 Å². The van der Waals surface area contributed by atoms with Gasteiger partial charge in [-0.05, 0) is 45.4 Å². The maximum absolute atomic E-state index is 14.0. The minimum atomic E-state index is -0.376. The molecule has 21 heavy (non-hydrogen) atoms. The van der Waals surface area contributed by atoms with E-state index in [2.05, 4.69) is 31.2 Å². The van der Waals surface area contributed by atoms with E-state index in [9.17, 15) is 4.39 Å². The molecule has 0 atom stereocenters. The molecule has 0 aliphatic carbocycles. The minimum Gasteiger partial charge on any atom is -0.482 e. The van der Waals surface area contributed by atoms with Gasteiger partial charge >= 0.3 is 0 Å². The molecule has 4 nitrogen and oxygen atoms in total. The van der Waals surface area contributed by atoms with Gasteiger partial charge in [-0.3, -0.25) is 0 Å². The lowest BCUT2D eigenvalue weighted by molar-refractivity contribution is 0.240. The van der Waals surface area contributed by atoms with Crippen molar-refractivity contribution in [2.24, 2.45) is 0 Å². The fraction of sp³-hybridized carbons (Fsp3) is 0.438. The lowest BCUT2D eigenvalue weighted by Gasteiger charge is -2.20. The lowest BCUT2D eigenvalue weighted by Crippen LogP contribution is -2.35. The number of halogens is 1. The van der Waals surface area contributed by atoms with Crippen LogP contribution < -0.4 is 10.1 Å². The summed E-state index contributed by atoms with van der Waals surface area (Å²) in [6, 6.07) is 6.74. The van der Waals surface area contributed by atoms with Crippen LogP contribution in [0.15, 0.2) is 28.8 Å². The van der Waals surface area contributed by atoms with Crippen molar-refractivity contribution in [3.8, 4) is 5.75 Å². The van der Waals surface area contributed by atoms with Crippen molar-refractivity contribution < 1.29 is 13.7 Å². The van der Waals surface area contributed by atoms with E-state index in [1.54, 1.807) is 12.1 Å². The van der Waals surface area contributed by atoms with Crippen molar-refractivity contribution in [2.45, 2.75) is 46.4 Å². The van der Waals surface area contributed by atoms with E-state index in [4.69, 9.17) is 9.26 Å². The molecule has 114 valence electrons. The number of aromatic nitrogens is 1. The Morgan fingerprint density at radius 1 is 1.29 bits per heavy atom. The number of nitrogens with one attached hydrogen (secondary N) is 1. The molecule has 2 aromatic rings. The Kier molecular flexibility index (Phi) is 4.63. The molecule has 1 aromatic heterocycles. The summed E-state index contributed by atoms with van der Waals surface area (Å²) in [7, 11) is 0. The number of benzene rings is 1. The number of nitrogens with zero attached hydrogens (tertiary/aromatic N) is 1. The second-order valence-electron chi connectivity index (χ2n) is 6.09. The fourth-order valence-corrected chi connectivity index (χ4v) is 1.77. The van der Waals surface area contributed by atoms with Gasteiger partial charge < -0.3 is 14.6 Å². The van der Waals surface area contributed by atoms with E-state index < -0.39 is 0 Å². The third-order valence-corrected chi connectivity index (χ3v) is 2.87. The Balaban J connectivity index is 1.95. The van der Waals surface area contributed by atoms with Gasteiger partial charge in [-0.2, -0.15) is 0 Å². The molecule has 0 aliphatic heterocycles. The summed E-state index contributed by atoms with van der Waals surface area (Å²) in [5.74, 6) is 0.411. The number of hydrogen-bond donors (Lipinski definition) is 1. The summed E-state index contributed by atoms with van der Waals surface area (Å²) in [6.45, 7) is 8.81. The highest BCUT2D eigenvalue weighted by Gasteiger charge is 2.11. The van der Waals surface area contributed by atoms with Gasteiger partial charge in [-0.25, -0.2) is 4.39 Å². The van der Waals surface area contributed by atoms with Gasteiger partial charge in [0.15, 0.2) is 17.3 Å². The van der Waals surface area contributed by atoms with Crippen LogP contribution in [0.3, 0.4) is 0 Å². The highest BCUT2D eigenvalue weighted by atomic mass is 19.1. The standard InChI is InChI=1S/C16H21FN2O2/c1-11-7-13(21-19-11)10-20-15-6-5-12(8-14(15)17)9-18-16(2,3)4/h5-8,18H,9-10H2,1-4H3. The minimum absolute atomic E-state index is 0.00417. The maximum atomic E-state index is 14.0. The van der Waals surface area contributed by atoms with E-state index in [-0.39, 0.29) is 23.7 Å². The normalized spacial score (nSPS) is 11.7. The molecule has 0 unspecified atom stereocenters.